The summed E-state index contributed by atoms with van der Waals surface area (Å²) in [6.45, 7) is 4.89. The van der Waals surface area contributed by atoms with Gasteiger partial charge in [0, 0.05) is 12.5 Å². The van der Waals surface area contributed by atoms with Crippen molar-refractivity contribution in [3.05, 3.63) is 29.8 Å². The Kier molecular flexibility index (Phi) is 7.14. The summed E-state index contributed by atoms with van der Waals surface area (Å²) >= 11 is 6.01. The number of alkyl halides is 1. The van der Waals surface area contributed by atoms with Gasteiger partial charge in [-0.25, -0.2) is 0 Å². The van der Waals surface area contributed by atoms with Crippen molar-refractivity contribution in [1.29, 1.82) is 0 Å². The molecule has 0 aliphatic rings. The van der Waals surface area contributed by atoms with E-state index in [2.05, 4.69) is 26.0 Å². The van der Waals surface area contributed by atoms with E-state index in [1.54, 1.807) is 7.11 Å². The molecule has 0 heterocycles. The van der Waals surface area contributed by atoms with Crippen molar-refractivity contribution >= 4 is 11.6 Å². The molecule has 1 unspecified atom stereocenters. The highest BCUT2D eigenvalue weighted by Gasteiger charge is 2.09. The number of ether oxygens (including phenoxy) is 2. The zero-order valence-electron chi connectivity index (χ0n) is 11.5. The molecule has 1 aromatic carbocycles. The van der Waals surface area contributed by atoms with E-state index in [-0.39, 0.29) is 0 Å². The molecule has 0 aliphatic carbocycles. The smallest absolute Gasteiger partial charge is 0.118 e. The molecule has 102 valence electrons. The first kappa shape index (κ1) is 15.3. The molecule has 1 aromatic rings. The highest BCUT2D eigenvalue weighted by molar-refractivity contribution is 6.18. The lowest BCUT2D eigenvalue weighted by molar-refractivity contribution is 0.0700. The summed E-state index contributed by atoms with van der Waals surface area (Å²) in [4.78, 5) is 0. The Bertz CT molecular complexity index is 322. The quantitative estimate of drug-likeness (QED) is 0.667. The van der Waals surface area contributed by atoms with Crippen molar-refractivity contribution < 1.29 is 9.47 Å². The maximum Gasteiger partial charge on any atom is 0.118 e. The van der Waals surface area contributed by atoms with Gasteiger partial charge in [0.15, 0.2) is 0 Å². The third-order valence-corrected chi connectivity index (χ3v) is 3.32. The number of methoxy groups -OCH3 is 1. The van der Waals surface area contributed by atoms with Crippen molar-refractivity contribution in [2.45, 2.75) is 32.8 Å². The predicted molar refractivity (Wildman–Crippen MR) is 76.6 cm³/mol. The summed E-state index contributed by atoms with van der Waals surface area (Å²) in [7, 11) is 1.68. The fraction of sp³-hybridized carbons (Fsp3) is 0.600. The Labute approximate surface area is 115 Å². The van der Waals surface area contributed by atoms with Crippen molar-refractivity contribution in [3.63, 3.8) is 0 Å². The van der Waals surface area contributed by atoms with Crippen molar-refractivity contribution in [2.24, 2.45) is 5.92 Å². The van der Waals surface area contributed by atoms with Crippen LogP contribution in [-0.4, -0.2) is 25.7 Å². The van der Waals surface area contributed by atoms with E-state index in [4.69, 9.17) is 21.1 Å². The molecule has 0 N–H and O–H groups in total. The minimum Gasteiger partial charge on any atom is -0.497 e. The largest absolute Gasteiger partial charge is 0.497 e. The molecule has 0 radical (unpaired) electrons. The van der Waals surface area contributed by atoms with E-state index in [1.807, 2.05) is 12.1 Å². The zero-order valence-corrected chi connectivity index (χ0v) is 12.2. The minimum atomic E-state index is 0.293. The standard InChI is InChI=1S/C15H23ClO2/c1-12(2)18-9-8-14(11-16)10-13-4-6-15(17-3)7-5-13/h4-7,12,14H,8-11H2,1-3H3. The summed E-state index contributed by atoms with van der Waals surface area (Å²) in [5.74, 6) is 2.04. The van der Waals surface area contributed by atoms with Gasteiger partial charge >= 0.3 is 0 Å². The molecule has 1 atom stereocenters. The molecule has 0 amide bonds. The molecule has 3 heteroatoms. The molecule has 0 saturated heterocycles. The molecule has 0 saturated carbocycles. The second-order valence-electron chi connectivity index (χ2n) is 4.78. The van der Waals surface area contributed by atoms with Gasteiger partial charge in [0.25, 0.3) is 0 Å². The molecular formula is C15H23ClO2. The summed E-state index contributed by atoms with van der Waals surface area (Å²) in [5, 5.41) is 0. The highest BCUT2D eigenvalue weighted by atomic mass is 35.5. The fourth-order valence-electron chi connectivity index (χ4n) is 1.80. The average Bonchev–Trinajstić information content (AvgIpc) is 2.38. The van der Waals surface area contributed by atoms with E-state index >= 15 is 0 Å². The van der Waals surface area contributed by atoms with Crippen LogP contribution in [0.2, 0.25) is 0 Å². The molecule has 0 bridgehead atoms. The predicted octanol–water partition coefficient (Wildman–Crippen LogP) is 3.91. The van der Waals surface area contributed by atoms with Gasteiger partial charge < -0.3 is 9.47 Å². The third-order valence-electron chi connectivity index (χ3n) is 2.88. The first-order valence-corrected chi connectivity index (χ1v) is 6.99. The monoisotopic (exact) mass is 270 g/mol. The molecule has 2 nitrogen and oxygen atoms in total. The first-order valence-electron chi connectivity index (χ1n) is 6.46. The van der Waals surface area contributed by atoms with Crippen LogP contribution in [0.25, 0.3) is 0 Å². The minimum absolute atomic E-state index is 0.293. The number of rotatable bonds is 8. The molecule has 0 spiro atoms. The number of benzene rings is 1. The zero-order chi connectivity index (χ0) is 13.4. The van der Waals surface area contributed by atoms with Crippen molar-refractivity contribution in [1.82, 2.24) is 0 Å². The Morgan fingerprint density at radius 3 is 2.33 bits per heavy atom. The number of hydrogen-bond acceptors (Lipinski definition) is 2. The molecule has 0 aromatic heterocycles. The number of halogens is 1. The Morgan fingerprint density at radius 2 is 1.83 bits per heavy atom. The lowest BCUT2D eigenvalue weighted by Gasteiger charge is -2.15. The summed E-state index contributed by atoms with van der Waals surface area (Å²) < 4.78 is 10.7. The van der Waals surface area contributed by atoms with Crippen LogP contribution >= 0.6 is 11.6 Å². The van der Waals surface area contributed by atoms with Crippen LogP contribution in [0, 0.1) is 5.92 Å². The van der Waals surface area contributed by atoms with Crippen LogP contribution in [-0.2, 0) is 11.2 Å². The molecule has 1 rings (SSSR count). The third kappa shape index (κ3) is 5.74. The van der Waals surface area contributed by atoms with E-state index in [1.165, 1.54) is 5.56 Å². The van der Waals surface area contributed by atoms with Crippen molar-refractivity contribution in [3.8, 4) is 5.75 Å². The second kappa shape index (κ2) is 8.39. The van der Waals surface area contributed by atoms with Crippen LogP contribution in [0.3, 0.4) is 0 Å². The van der Waals surface area contributed by atoms with Crippen LogP contribution in [0.4, 0.5) is 0 Å². The van der Waals surface area contributed by atoms with E-state index < -0.39 is 0 Å². The number of hydrogen-bond donors (Lipinski definition) is 0. The van der Waals surface area contributed by atoms with Crippen LogP contribution in [0.5, 0.6) is 5.75 Å². The second-order valence-corrected chi connectivity index (χ2v) is 5.09. The summed E-state index contributed by atoms with van der Waals surface area (Å²) in [5.41, 5.74) is 1.30. The summed E-state index contributed by atoms with van der Waals surface area (Å²) in [6.07, 6.45) is 2.30. The van der Waals surface area contributed by atoms with Gasteiger partial charge in [0.05, 0.1) is 13.2 Å². The molecule has 0 aliphatic heterocycles. The maximum atomic E-state index is 6.01. The fourth-order valence-corrected chi connectivity index (χ4v) is 2.06. The first-order chi connectivity index (χ1) is 8.65. The maximum absolute atomic E-state index is 6.01. The van der Waals surface area contributed by atoms with Gasteiger partial charge in [-0.3, -0.25) is 0 Å². The molecule has 18 heavy (non-hydrogen) atoms. The van der Waals surface area contributed by atoms with Gasteiger partial charge in [0.2, 0.25) is 0 Å². The highest BCUT2D eigenvalue weighted by Crippen LogP contribution is 2.17. The SMILES string of the molecule is COc1ccc(CC(CCl)CCOC(C)C)cc1. The van der Waals surface area contributed by atoms with Gasteiger partial charge in [-0.1, -0.05) is 12.1 Å². The molecule has 0 fully saturated rings. The van der Waals surface area contributed by atoms with E-state index in [0.717, 1.165) is 25.2 Å². The normalized spacial score (nSPS) is 12.7. The van der Waals surface area contributed by atoms with E-state index in [0.29, 0.717) is 17.9 Å². The Balaban J connectivity index is 2.41. The van der Waals surface area contributed by atoms with Crippen LogP contribution in [0.15, 0.2) is 24.3 Å². The van der Waals surface area contributed by atoms with Gasteiger partial charge in [0.1, 0.15) is 5.75 Å². The lowest BCUT2D eigenvalue weighted by atomic mass is 9.98. The van der Waals surface area contributed by atoms with Gasteiger partial charge in [-0.05, 0) is 50.3 Å². The topological polar surface area (TPSA) is 18.5 Å². The Hall–Kier alpha value is -0.730. The van der Waals surface area contributed by atoms with Crippen molar-refractivity contribution in [2.75, 3.05) is 19.6 Å². The Morgan fingerprint density at radius 1 is 1.17 bits per heavy atom. The lowest BCUT2D eigenvalue weighted by Crippen LogP contribution is -2.12. The van der Waals surface area contributed by atoms with Gasteiger partial charge in [-0.15, -0.1) is 11.6 Å². The molecular weight excluding hydrogens is 248 g/mol. The average molecular weight is 271 g/mol. The van der Waals surface area contributed by atoms with Crippen LogP contribution in [0.1, 0.15) is 25.8 Å². The van der Waals surface area contributed by atoms with E-state index in [9.17, 15) is 0 Å². The summed E-state index contributed by atoms with van der Waals surface area (Å²) in [6, 6.07) is 8.18. The van der Waals surface area contributed by atoms with Crippen LogP contribution < -0.4 is 4.74 Å². The van der Waals surface area contributed by atoms with Gasteiger partial charge in [-0.2, -0.15) is 0 Å².